The molecule has 0 aliphatic heterocycles. The standard InChI is InChI=1S/C22H31N3O/c1-14(2)22(26)24-16-11-12-19-18(13-16)17-9-6-10-20(21(17)25-19)23-15-7-4-3-5-8-15/h11-15,20,23,25H,3-10H2,1-2H3,(H,24,26). The number of anilines is 1. The van der Waals surface area contributed by atoms with Crippen molar-refractivity contribution < 1.29 is 4.79 Å². The van der Waals surface area contributed by atoms with Gasteiger partial charge in [0.15, 0.2) is 0 Å². The SMILES string of the molecule is CC(C)C(=O)Nc1ccc2[nH]c3c(c2c1)CCCC3NC1CCCCC1. The number of hydrogen-bond donors (Lipinski definition) is 3. The number of aryl methyl sites for hydroxylation is 1. The van der Waals surface area contributed by atoms with Crippen molar-refractivity contribution in [2.75, 3.05) is 5.32 Å². The zero-order valence-electron chi connectivity index (χ0n) is 16.0. The molecule has 4 nitrogen and oxygen atoms in total. The Kier molecular flexibility index (Phi) is 5.03. The van der Waals surface area contributed by atoms with Gasteiger partial charge in [0.1, 0.15) is 0 Å². The second kappa shape index (κ2) is 7.43. The maximum atomic E-state index is 12.0. The van der Waals surface area contributed by atoms with E-state index in [4.69, 9.17) is 0 Å². The van der Waals surface area contributed by atoms with E-state index in [9.17, 15) is 4.79 Å². The quantitative estimate of drug-likeness (QED) is 0.719. The molecular weight excluding hydrogens is 322 g/mol. The van der Waals surface area contributed by atoms with Crippen molar-refractivity contribution >= 4 is 22.5 Å². The van der Waals surface area contributed by atoms with Crippen LogP contribution >= 0.6 is 0 Å². The van der Waals surface area contributed by atoms with Gasteiger partial charge in [-0.25, -0.2) is 0 Å². The molecule has 1 atom stereocenters. The van der Waals surface area contributed by atoms with Crippen molar-refractivity contribution in [1.29, 1.82) is 0 Å². The smallest absolute Gasteiger partial charge is 0.226 e. The van der Waals surface area contributed by atoms with Gasteiger partial charge >= 0.3 is 0 Å². The van der Waals surface area contributed by atoms with Gasteiger partial charge in [-0.3, -0.25) is 4.79 Å². The first-order valence-electron chi connectivity index (χ1n) is 10.3. The van der Waals surface area contributed by atoms with Gasteiger partial charge in [-0.15, -0.1) is 0 Å². The number of aromatic nitrogens is 1. The second-order valence-corrected chi connectivity index (χ2v) is 8.37. The number of H-pyrrole nitrogens is 1. The van der Waals surface area contributed by atoms with Gasteiger partial charge in [0.05, 0.1) is 0 Å². The number of fused-ring (bicyclic) bond motifs is 3. The molecule has 140 valence electrons. The Morgan fingerprint density at radius 2 is 1.92 bits per heavy atom. The summed E-state index contributed by atoms with van der Waals surface area (Å²) in [5.41, 5.74) is 4.92. The van der Waals surface area contributed by atoms with Crippen LogP contribution in [0.25, 0.3) is 10.9 Å². The molecule has 2 aliphatic rings. The van der Waals surface area contributed by atoms with E-state index in [0.29, 0.717) is 12.1 Å². The number of hydrogen-bond acceptors (Lipinski definition) is 2. The number of carbonyl (C=O) groups excluding carboxylic acids is 1. The van der Waals surface area contributed by atoms with Crippen LogP contribution in [0, 0.1) is 5.92 Å². The number of amides is 1. The van der Waals surface area contributed by atoms with E-state index < -0.39 is 0 Å². The summed E-state index contributed by atoms with van der Waals surface area (Å²) in [6.07, 6.45) is 10.3. The lowest BCUT2D eigenvalue weighted by atomic mass is 9.89. The third-order valence-corrected chi connectivity index (χ3v) is 6.04. The minimum atomic E-state index is -0.00471. The summed E-state index contributed by atoms with van der Waals surface area (Å²) in [5.74, 6) is 0.0699. The molecule has 1 saturated carbocycles. The molecule has 26 heavy (non-hydrogen) atoms. The summed E-state index contributed by atoms with van der Waals surface area (Å²) in [6, 6.07) is 7.39. The first-order chi connectivity index (χ1) is 12.6. The highest BCUT2D eigenvalue weighted by atomic mass is 16.1. The minimum Gasteiger partial charge on any atom is -0.357 e. The number of benzene rings is 1. The summed E-state index contributed by atoms with van der Waals surface area (Å²) in [4.78, 5) is 15.7. The summed E-state index contributed by atoms with van der Waals surface area (Å²) >= 11 is 0. The molecule has 0 saturated heterocycles. The fraction of sp³-hybridized carbons (Fsp3) is 0.591. The summed E-state index contributed by atoms with van der Waals surface area (Å²) in [5, 5.41) is 8.25. The van der Waals surface area contributed by atoms with Gasteiger partial charge in [-0.2, -0.15) is 0 Å². The Morgan fingerprint density at radius 1 is 1.12 bits per heavy atom. The average Bonchev–Trinajstić information content (AvgIpc) is 3.02. The van der Waals surface area contributed by atoms with E-state index in [-0.39, 0.29) is 11.8 Å². The monoisotopic (exact) mass is 353 g/mol. The zero-order valence-corrected chi connectivity index (χ0v) is 16.0. The molecule has 4 heteroatoms. The van der Waals surface area contributed by atoms with Crippen LogP contribution in [-0.2, 0) is 11.2 Å². The Bertz CT molecular complexity index is 786. The average molecular weight is 354 g/mol. The van der Waals surface area contributed by atoms with Gasteiger partial charge in [0, 0.05) is 40.3 Å². The van der Waals surface area contributed by atoms with Gasteiger partial charge in [0.2, 0.25) is 5.91 Å². The molecule has 2 aromatic rings. The lowest BCUT2D eigenvalue weighted by molar-refractivity contribution is -0.118. The van der Waals surface area contributed by atoms with E-state index in [2.05, 4.69) is 27.8 Å². The van der Waals surface area contributed by atoms with Crippen LogP contribution < -0.4 is 10.6 Å². The molecular formula is C22H31N3O. The summed E-state index contributed by atoms with van der Waals surface area (Å²) in [6.45, 7) is 3.85. The predicted octanol–water partition coefficient (Wildman–Crippen LogP) is 5.06. The van der Waals surface area contributed by atoms with Gasteiger partial charge in [-0.1, -0.05) is 33.1 Å². The normalized spacial score (nSPS) is 21.1. The first kappa shape index (κ1) is 17.6. The molecule has 1 fully saturated rings. The molecule has 4 rings (SSSR count). The fourth-order valence-electron chi connectivity index (χ4n) is 4.55. The molecule has 1 aromatic carbocycles. The fourth-order valence-corrected chi connectivity index (χ4v) is 4.55. The van der Waals surface area contributed by atoms with Gasteiger partial charge in [-0.05, 0) is 55.9 Å². The third kappa shape index (κ3) is 3.52. The minimum absolute atomic E-state index is 0.00471. The number of carbonyl (C=O) groups is 1. The van der Waals surface area contributed by atoms with Crippen molar-refractivity contribution in [1.82, 2.24) is 10.3 Å². The van der Waals surface area contributed by atoms with E-state index >= 15 is 0 Å². The van der Waals surface area contributed by atoms with Crippen molar-refractivity contribution in [2.24, 2.45) is 5.92 Å². The van der Waals surface area contributed by atoms with E-state index in [1.165, 1.54) is 67.1 Å². The van der Waals surface area contributed by atoms with Crippen LogP contribution in [0.1, 0.15) is 76.1 Å². The van der Waals surface area contributed by atoms with Crippen molar-refractivity contribution in [3.63, 3.8) is 0 Å². The Labute approximate surface area is 156 Å². The largest absolute Gasteiger partial charge is 0.357 e. The van der Waals surface area contributed by atoms with Crippen LogP contribution in [0.2, 0.25) is 0 Å². The molecule has 3 N–H and O–H groups in total. The number of rotatable bonds is 4. The van der Waals surface area contributed by atoms with Crippen molar-refractivity contribution in [3.05, 3.63) is 29.5 Å². The lowest BCUT2D eigenvalue weighted by Gasteiger charge is -2.31. The zero-order chi connectivity index (χ0) is 18.1. The molecule has 1 amide bonds. The Morgan fingerprint density at radius 3 is 2.69 bits per heavy atom. The first-order valence-corrected chi connectivity index (χ1v) is 10.3. The van der Waals surface area contributed by atoms with Crippen LogP contribution in [0.5, 0.6) is 0 Å². The Balaban J connectivity index is 1.59. The van der Waals surface area contributed by atoms with E-state index in [1.54, 1.807) is 0 Å². The molecule has 1 unspecified atom stereocenters. The second-order valence-electron chi connectivity index (χ2n) is 8.37. The maximum Gasteiger partial charge on any atom is 0.226 e. The van der Waals surface area contributed by atoms with Gasteiger partial charge < -0.3 is 15.6 Å². The van der Waals surface area contributed by atoms with Crippen molar-refractivity contribution in [3.8, 4) is 0 Å². The third-order valence-electron chi connectivity index (χ3n) is 6.04. The molecule has 0 spiro atoms. The molecule has 1 heterocycles. The molecule has 1 aromatic heterocycles. The van der Waals surface area contributed by atoms with Gasteiger partial charge in [0.25, 0.3) is 0 Å². The van der Waals surface area contributed by atoms with Crippen LogP contribution in [-0.4, -0.2) is 16.9 Å². The maximum absolute atomic E-state index is 12.0. The van der Waals surface area contributed by atoms with Crippen LogP contribution in [0.3, 0.4) is 0 Å². The topological polar surface area (TPSA) is 56.9 Å². The lowest BCUT2D eigenvalue weighted by Crippen LogP contribution is -2.36. The van der Waals surface area contributed by atoms with E-state index in [0.717, 1.165) is 12.1 Å². The predicted molar refractivity (Wildman–Crippen MR) is 107 cm³/mol. The van der Waals surface area contributed by atoms with Crippen LogP contribution in [0.4, 0.5) is 5.69 Å². The Hall–Kier alpha value is -1.81. The molecule has 0 bridgehead atoms. The number of nitrogens with one attached hydrogen (secondary N) is 3. The highest BCUT2D eigenvalue weighted by Crippen LogP contribution is 2.36. The van der Waals surface area contributed by atoms with E-state index in [1.807, 2.05) is 19.9 Å². The molecule has 0 radical (unpaired) electrons. The summed E-state index contributed by atoms with van der Waals surface area (Å²) in [7, 11) is 0. The van der Waals surface area contributed by atoms with Crippen LogP contribution in [0.15, 0.2) is 18.2 Å². The molecule has 2 aliphatic carbocycles. The number of aromatic amines is 1. The highest BCUT2D eigenvalue weighted by Gasteiger charge is 2.27. The summed E-state index contributed by atoms with van der Waals surface area (Å²) < 4.78 is 0. The van der Waals surface area contributed by atoms with Crippen molar-refractivity contribution in [2.45, 2.75) is 77.3 Å². The highest BCUT2D eigenvalue weighted by molar-refractivity contribution is 5.96.